The standard InChI is InChI=1S/C23H25F3N2O/c24-23(25,26)21-12-4-11-20(15-21)22(29)27-16-19-10-6-14-28(17-19)13-5-9-18-7-2-1-3-8-18/h1-5,7-9,11-12,15,19H,6,10,13-14,16-17H2,(H,27,29)/b9-5+. The Labute approximate surface area is 169 Å². The van der Waals surface area contributed by atoms with Crippen molar-refractivity contribution in [1.82, 2.24) is 10.2 Å². The van der Waals surface area contributed by atoms with Gasteiger partial charge in [-0.25, -0.2) is 0 Å². The van der Waals surface area contributed by atoms with E-state index in [1.165, 1.54) is 12.1 Å². The molecule has 29 heavy (non-hydrogen) atoms. The molecule has 1 saturated heterocycles. The summed E-state index contributed by atoms with van der Waals surface area (Å²) >= 11 is 0. The first-order valence-corrected chi connectivity index (χ1v) is 9.81. The number of likely N-dealkylation sites (tertiary alicyclic amines) is 1. The van der Waals surface area contributed by atoms with Gasteiger partial charge in [-0.2, -0.15) is 13.2 Å². The number of benzene rings is 2. The number of hydrogen-bond donors (Lipinski definition) is 1. The number of nitrogens with one attached hydrogen (secondary N) is 1. The first kappa shape index (κ1) is 21.1. The Balaban J connectivity index is 1.48. The summed E-state index contributed by atoms with van der Waals surface area (Å²) in [6.45, 7) is 3.18. The fourth-order valence-corrected chi connectivity index (χ4v) is 3.56. The summed E-state index contributed by atoms with van der Waals surface area (Å²) in [5.74, 6) is -0.166. The molecule has 1 fully saturated rings. The molecule has 1 atom stereocenters. The van der Waals surface area contributed by atoms with Crippen molar-refractivity contribution in [3.8, 4) is 0 Å². The SMILES string of the molecule is O=C(NCC1CCCN(C/C=C/c2ccccc2)C1)c1cccc(C(F)(F)F)c1. The third kappa shape index (κ3) is 6.46. The van der Waals surface area contributed by atoms with Gasteiger partial charge in [0.05, 0.1) is 5.56 Å². The van der Waals surface area contributed by atoms with E-state index >= 15 is 0 Å². The molecule has 1 amide bonds. The van der Waals surface area contributed by atoms with Crippen LogP contribution < -0.4 is 5.32 Å². The van der Waals surface area contributed by atoms with Crippen LogP contribution in [0.25, 0.3) is 6.08 Å². The maximum absolute atomic E-state index is 12.8. The number of hydrogen-bond acceptors (Lipinski definition) is 2. The maximum atomic E-state index is 12.8. The summed E-state index contributed by atoms with van der Waals surface area (Å²) in [7, 11) is 0. The van der Waals surface area contributed by atoms with Gasteiger partial charge in [-0.1, -0.05) is 48.6 Å². The summed E-state index contributed by atoms with van der Waals surface area (Å²) < 4.78 is 38.5. The van der Waals surface area contributed by atoms with Crippen LogP contribution in [-0.2, 0) is 6.18 Å². The van der Waals surface area contributed by atoms with Crippen LogP contribution in [0, 0.1) is 5.92 Å². The molecule has 1 unspecified atom stereocenters. The van der Waals surface area contributed by atoms with Crippen molar-refractivity contribution in [3.63, 3.8) is 0 Å². The molecule has 2 aromatic carbocycles. The lowest BCUT2D eigenvalue weighted by atomic mass is 9.97. The van der Waals surface area contributed by atoms with E-state index in [1.54, 1.807) is 0 Å². The van der Waals surface area contributed by atoms with E-state index in [9.17, 15) is 18.0 Å². The van der Waals surface area contributed by atoms with Crippen molar-refractivity contribution >= 4 is 12.0 Å². The third-order valence-corrected chi connectivity index (χ3v) is 5.08. The molecule has 0 aromatic heterocycles. The molecule has 3 nitrogen and oxygen atoms in total. The van der Waals surface area contributed by atoms with Crippen molar-refractivity contribution in [3.05, 3.63) is 77.4 Å². The summed E-state index contributed by atoms with van der Waals surface area (Å²) in [6.07, 6.45) is 1.83. The summed E-state index contributed by atoms with van der Waals surface area (Å²) in [4.78, 5) is 14.6. The Kier molecular flexibility index (Phi) is 7.09. The summed E-state index contributed by atoms with van der Waals surface area (Å²) in [5.41, 5.74) is 0.395. The molecule has 2 aromatic rings. The molecular formula is C23H25F3N2O. The van der Waals surface area contributed by atoms with Gasteiger partial charge in [0.2, 0.25) is 0 Å². The molecule has 0 radical (unpaired) electrons. The number of halogens is 3. The molecule has 0 bridgehead atoms. The Bertz CT molecular complexity index is 834. The highest BCUT2D eigenvalue weighted by Crippen LogP contribution is 2.29. The number of carbonyl (C=O) groups excluding carboxylic acids is 1. The zero-order valence-corrected chi connectivity index (χ0v) is 16.2. The molecule has 6 heteroatoms. The Morgan fingerprint density at radius 2 is 1.93 bits per heavy atom. The minimum atomic E-state index is -4.45. The predicted molar refractivity (Wildman–Crippen MR) is 108 cm³/mol. The third-order valence-electron chi connectivity index (χ3n) is 5.08. The fraction of sp³-hybridized carbons (Fsp3) is 0.348. The number of alkyl halides is 3. The average Bonchev–Trinajstić information content (AvgIpc) is 2.73. The summed E-state index contributed by atoms with van der Waals surface area (Å²) in [6, 6.07) is 14.6. The second-order valence-electron chi connectivity index (χ2n) is 7.37. The Hall–Kier alpha value is -2.60. The van der Waals surface area contributed by atoms with Crippen molar-refractivity contribution in [1.29, 1.82) is 0 Å². The smallest absolute Gasteiger partial charge is 0.352 e. The maximum Gasteiger partial charge on any atom is 0.416 e. The highest BCUT2D eigenvalue weighted by atomic mass is 19.4. The Morgan fingerprint density at radius 1 is 1.14 bits per heavy atom. The highest BCUT2D eigenvalue weighted by Gasteiger charge is 2.31. The van der Waals surface area contributed by atoms with Crippen molar-refractivity contribution in [2.45, 2.75) is 19.0 Å². The van der Waals surface area contributed by atoms with Gasteiger partial charge >= 0.3 is 6.18 Å². The van der Waals surface area contributed by atoms with Crippen LogP contribution in [0.4, 0.5) is 13.2 Å². The molecular weight excluding hydrogens is 377 g/mol. The van der Waals surface area contributed by atoms with E-state index in [-0.39, 0.29) is 5.56 Å². The van der Waals surface area contributed by atoms with Gasteiger partial charge in [0, 0.05) is 25.2 Å². The zero-order valence-electron chi connectivity index (χ0n) is 16.2. The van der Waals surface area contributed by atoms with Gasteiger partial charge in [0.1, 0.15) is 0 Å². The van der Waals surface area contributed by atoms with E-state index in [2.05, 4.69) is 34.5 Å². The van der Waals surface area contributed by atoms with Gasteiger partial charge in [0.15, 0.2) is 0 Å². The van der Waals surface area contributed by atoms with Gasteiger partial charge in [0.25, 0.3) is 5.91 Å². The molecule has 0 aliphatic carbocycles. The minimum absolute atomic E-state index is 0.0401. The van der Waals surface area contributed by atoms with E-state index in [4.69, 9.17) is 0 Å². The highest BCUT2D eigenvalue weighted by molar-refractivity contribution is 5.94. The lowest BCUT2D eigenvalue weighted by Gasteiger charge is -2.32. The van der Waals surface area contributed by atoms with Crippen LogP contribution in [0.5, 0.6) is 0 Å². The van der Waals surface area contributed by atoms with Crippen molar-refractivity contribution in [2.75, 3.05) is 26.2 Å². The number of nitrogens with zero attached hydrogens (tertiary/aromatic N) is 1. The van der Waals surface area contributed by atoms with Crippen molar-refractivity contribution < 1.29 is 18.0 Å². The molecule has 1 heterocycles. The monoisotopic (exact) mass is 402 g/mol. The molecule has 1 aliphatic rings. The topological polar surface area (TPSA) is 32.3 Å². The average molecular weight is 402 g/mol. The minimum Gasteiger partial charge on any atom is -0.352 e. The quantitative estimate of drug-likeness (QED) is 0.748. The van der Waals surface area contributed by atoms with E-state index in [0.29, 0.717) is 12.5 Å². The van der Waals surface area contributed by atoms with Gasteiger partial charge < -0.3 is 5.32 Å². The molecule has 0 saturated carbocycles. The normalized spacial score (nSPS) is 18.1. The molecule has 1 N–H and O–H groups in total. The number of piperidine rings is 1. The van der Waals surface area contributed by atoms with Crippen LogP contribution in [0.1, 0.15) is 34.3 Å². The lowest BCUT2D eigenvalue weighted by molar-refractivity contribution is -0.137. The van der Waals surface area contributed by atoms with Crippen LogP contribution in [0.15, 0.2) is 60.7 Å². The number of rotatable bonds is 6. The molecule has 154 valence electrons. The second-order valence-corrected chi connectivity index (χ2v) is 7.37. The van der Waals surface area contributed by atoms with Gasteiger partial charge in [-0.15, -0.1) is 0 Å². The molecule has 3 rings (SSSR count). The lowest BCUT2D eigenvalue weighted by Crippen LogP contribution is -2.41. The van der Waals surface area contributed by atoms with E-state index < -0.39 is 17.6 Å². The fourth-order valence-electron chi connectivity index (χ4n) is 3.56. The molecule has 0 spiro atoms. The predicted octanol–water partition coefficient (Wildman–Crippen LogP) is 4.86. The molecule has 1 aliphatic heterocycles. The van der Waals surface area contributed by atoms with E-state index in [0.717, 1.165) is 50.2 Å². The van der Waals surface area contributed by atoms with Crippen molar-refractivity contribution in [2.24, 2.45) is 5.92 Å². The van der Waals surface area contributed by atoms with Crippen LogP contribution in [0.2, 0.25) is 0 Å². The first-order chi connectivity index (χ1) is 13.9. The first-order valence-electron chi connectivity index (χ1n) is 9.81. The van der Waals surface area contributed by atoms with Gasteiger partial charge in [-0.05, 0) is 49.1 Å². The zero-order chi connectivity index (χ0) is 20.7. The second kappa shape index (κ2) is 9.74. The van der Waals surface area contributed by atoms with Gasteiger partial charge in [-0.3, -0.25) is 9.69 Å². The number of amides is 1. The Morgan fingerprint density at radius 3 is 2.69 bits per heavy atom. The number of carbonyl (C=O) groups is 1. The van der Waals surface area contributed by atoms with E-state index in [1.807, 2.05) is 18.2 Å². The van der Waals surface area contributed by atoms with Crippen LogP contribution in [-0.4, -0.2) is 37.0 Å². The van der Waals surface area contributed by atoms with Crippen LogP contribution >= 0.6 is 0 Å². The largest absolute Gasteiger partial charge is 0.416 e. The van der Waals surface area contributed by atoms with Crippen LogP contribution in [0.3, 0.4) is 0 Å². The summed E-state index contributed by atoms with van der Waals surface area (Å²) in [5, 5.41) is 2.80.